The highest BCUT2D eigenvalue weighted by molar-refractivity contribution is 5.87. The topological polar surface area (TPSA) is 45.2 Å². The second-order valence-electron chi connectivity index (χ2n) is 7.23. The van der Waals surface area contributed by atoms with Gasteiger partial charge in [0.1, 0.15) is 5.75 Å². The lowest BCUT2D eigenvalue weighted by atomic mass is 10.0. The van der Waals surface area contributed by atoms with E-state index >= 15 is 0 Å². The first-order chi connectivity index (χ1) is 12.6. The molecule has 5 heteroatoms. The van der Waals surface area contributed by atoms with Crippen molar-refractivity contribution in [2.24, 2.45) is 0 Å². The van der Waals surface area contributed by atoms with Gasteiger partial charge in [-0.05, 0) is 44.1 Å². The standard InChI is InChI=1S/C21H26N2O3/c1-22(2)16-9-5-4-8-15(16)20-17(24)10-11-18-21(20)26-19(25-18)14-23-12-6-3-7-13-23/h4-5,8-11,19,24H,3,6-7,12-14H2,1-2H3. The van der Waals surface area contributed by atoms with E-state index < -0.39 is 0 Å². The van der Waals surface area contributed by atoms with Crippen LogP contribution in [0, 0.1) is 0 Å². The summed E-state index contributed by atoms with van der Waals surface area (Å²) < 4.78 is 12.2. The third kappa shape index (κ3) is 3.19. The zero-order chi connectivity index (χ0) is 18.1. The molecule has 4 rings (SSSR count). The van der Waals surface area contributed by atoms with Gasteiger partial charge < -0.3 is 19.5 Å². The Bertz CT molecular complexity index is 785. The molecule has 0 spiro atoms. The van der Waals surface area contributed by atoms with E-state index in [-0.39, 0.29) is 12.0 Å². The summed E-state index contributed by atoms with van der Waals surface area (Å²) in [5.41, 5.74) is 2.67. The molecular formula is C21H26N2O3. The minimum atomic E-state index is -0.324. The van der Waals surface area contributed by atoms with Crippen molar-refractivity contribution in [1.82, 2.24) is 4.90 Å². The maximum absolute atomic E-state index is 10.6. The van der Waals surface area contributed by atoms with Crippen molar-refractivity contribution >= 4 is 5.69 Å². The number of anilines is 1. The number of hydrogen-bond donors (Lipinski definition) is 1. The van der Waals surface area contributed by atoms with Gasteiger partial charge in [0, 0.05) is 25.3 Å². The minimum Gasteiger partial charge on any atom is -0.507 e. The maximum Gasteiger partial charge on any atom is 0.254 e. The highest BCUT2D eigenvalue weighted by Gasteiger charge is 2.31. The molecule has 0 saturated carbocycles. The zero-order valence-electron chi connectivity index (χ0n) is 15.4. The molecule has 5 nitrogen and oxygen atoms in total. The number of nitrogens with zero attached hydrogens (tertiary/aromatic N) is 2. The van der Waals surface area contributed by atoms with Crippen LogP contribution in [0.15, 0.2) is 36.4 Å². The first-order valence-corrected chi connectivity index (χ1v) is 9.32. The number of ether oxygens (including phenoxy) is 2. The molecule has 26 heavy (non-hydrogen) atoms. The highest BCUT2D eigenvalue weighted by Crippen LogP contribution is 2.49. The van der Waals surface area contributed by atoms with Gasteiger partial charge in [-0.1, -0.05) is 24.6 Å². The molecule has 0 radical (unpaired) electrons. The van der Waals surface area contributed by atoms with E-state index in [0.29, 0.717) is 17.1 Å². The van der Waals surface area contributed by atoms with E-state index in [2.05, 4.69) is 4.90 Å². The number of hydrogen-bond acceptors (Lipinski definition) is 5. The second-order valence-corrected chi connectivity index (χ2v) is 7.23. The second kappa shape index (κ2) is 7.08. The van der Waals surface area contributed by atoms with Crippen LogP contribution in [0.3, 0.4) is 0 Å². The molecule has 1 saturated heterocycles. The summed E-state index contributed by atoms with van der Waals surface area (Å²) in [6.07, 6.45) is 3.46. The summed E-state index contributed by atoms with van der Waals surface area (Å²) in [6, 6.07) is 11.5. The van der Waals surface area contributed by atoms with Crippen LogP contribution in [0.1, 0.15) is 19.3 Å². The molecule has 2 heterocycles. The number of rotatable bonds is 4. The van der Waals surface area contributed by atoms with E-state index in [1.807, 2.05) is 43.3 Å². The SMILES string of the molecule is CN(C)c1ccccc1-c1c(O)ccc2c1OC(CN1CCCCC1)O2. The van der Waals surface area contributed by atoms with Crippen LogP contribution in [0.4, 0.5) is 5.69 Å². The fraction of sp³-hybridized carbons (Fsp3) is 0.429. The lowest BCUT2D eigenvalue weighted by molar-refractivity contribution is 0.0106. The molecule has 0 aliphatic carbocycles. The Kier molecular flexibility index (Phi) is 4.64. The monoisotopic (exact) mass is 354 g/mol. The predicted octanol–water partition coefficient (Wildman–Crippen LogP) is 3.71. The molecule has 2 aliphatic heterocycles. The molecule has 2 aliphatic rings. The molecule has 1 unspecified atom stereocenters. The van der Waals surface area contributed by atoms with Crippen molar-refractivity contribution in [3.05, 3.63) is 36.4 Å². The molecule has 1 fully saturated rings. The van der Waals surface area contributed by atoms with Crippen molar-refractivity contribution in [3.63, 3.8) is 0 Å². The van der Waals surface area contributed by atoms with Gasteiger partial charge in [0.05, 0.1) is 12.1 Å². The van der Waals surface area contributed by atoms with E-state index in [0.717, 1.165) is 30.9 Å². The van der Waals surface area contributed by atoms with Gasteiger partial charge >= 0.3 is 0 Å². The predicted molar refractivity (Wildman–Crippen MR) is 103 cm³/mol. The molecule has 138 valence electrons. The number of phenols is 1. The van der Waals surface area contributed by atoms with Crippen molar-refractivity contribution < 1.29 is 14.6 Å². The lowest BCUT2D eigenvalue weighted by Gasteiger charge is -2.27. The Balaban J connectivity index is 1.65. The molecular weight excluding hydrogens is 328 g/mol. The summed E-state index contributed by atoms with van der Waals surface area (Å²) in [6.45, 7) is 2.95. The van der Waals surface area contributed by atoms with Crippen LogP contribution in [0.2, 0.25) is 0 Å². The van der Waals surface area contributed by atoms with Gasteiger partial charge in [-0.2, -0.15) is 0 Å². The van der Waals surface area contributed by atoms with Crippen LogP contribution in [0.5, 0.6) is 17.2 Å². The number of piperidine rings is 1. The molecule has 0 amide bonds. The Hall–Kier alpha value is -2.40. The number of fused-ring (bicyclic) bond motifs is 1. The number of para-hydroxylation sites is 1. The third-order valence-electron chi connectivity index (χ3n) is 5.12. The summed E-state index contributed by atoms with van der Waals surface area (Å²) >= 11 is 0. The minimum absolute atomic E-state index is 0.209. The average molecular weight is 354 g/mol. The van der Waals surface area contributed by atoms with Gasteiger partial charge in [0.15, 0.2) is 11.5 Å². The van der Waals surface area contributed by atoms with Crippen molar-refractivity contribution in [2.45, 2.75) is 25.6 Å². The number of aromatic hydroxyl groups is 1. The summed E-state index contributed by atoms with van der Waals surface area (Å²) in [5, 5.41) is 10.6. The van der Waals surface area contributed by atoms with Crippen LogP contribution in [-0.4, -0.2) is 50.0 Å². The molecule has 0 aromatic heterocycles. The highest BCUT2D eigenvalue weighted by atomic mass is 16.7. The maximum atomic E-state index is 10.6. The average Bonchev–Trinajstić information content (AvgIpc) is 3.05. The van der Waals surface area contributed by atoms with Crippen molar-refractivity contribution in [1.29, 1.82) is 0 Å². The van der Waals surface area contributed by atoms with E-state index in [1.165, 1.54) is 19.3 Å². The first-order valence-electron chi connectivity index (χ1n) is 9.32. The van der Waals surface area contributed by atoms with Crippen LogP contribution in [-0.2, 0) is 0 Å². The Morgan fingerprint density at radius 3 is 2.58 bits per heavy atom. The zero-order valence-corrected chi connectivity index (χ0v) is 15.4. The van der Waals surface area contributed by atoms with Gasteiger partial charge in [-0.25, -0.2) is 0 Å². The summed E-state index contributed by atoms with van der Waals surface area (Å²) in [5.74, 6) is 1.55. The molecule has 1 atom stereocenters. The van der Waals surface area contributed by atoms with Crippen molar-refractivity contribution in [3.8, 4) is 28.4 Å². The number of likely N-dealkylation sites (tertiary alicyclic amines) is 1. The Morgan fingerprint density at radius 1 is 1.04 bits per heavy atom. The van der Waals surface area contributed by atoms with E-state index in [9.17, 15) is 5.11 Å². The third-order valence-corrected chi connectivity index (χ3v) is 5.12. The fourth-order valence-corrected chi connectivity index (χ4v) is 3.82. The van der Waals surface area contributed by atoms with Gasteiger partial charge in [-0.3, -0.25) is 4.90 Å². The molecule has 2 aromatic rings. The smallest absolute Gasteiger partial charge is 0.254 e. The molecule has 1 N–H and O–H groups in total. The van der Waals surface area contributed by atoms with Crippen LogP contribution in [0.25, 0.3) is 11.1 Å². The van der Waals surface area contributed by atoms with E-state index in [1.54, 1.807) is 12.1 Å². The van der Waals surface area contributed by atoms with Crippen molar-refractivity contribution in [2.75, 3.05) is 38.6 Å². The largest absolute Gasteiger partial charge is 0.507 e. The number of benzene rings is 2. The van der Waals surface area contributed by atoms with Gasteiger partial charge in [0.2, 0.25) is 0 Å². The quantitative estimate of drug-likeness (QED) is 0.907. The molecule has 0 bridgehead atoms. The number of phenolic OH excluding ortho intramolecular Hbond substituents is 1. The molecule has 2 aromatic carbocycles. The normalized spacial score (nSPS) is 19.5. The Morgan fingerprint density at radius 2 is 1.81 bits per heavy atom. The lowest BCUT2D eigenvalue weighted by Crippen LogP contribution is -2.39. The van der Waals surface area contributed by atoms with Crippen LogP contribution < -0.4 is 14.4 Å². The fourth-order valence-electron chi connectivity index (χ4n) is 3.82. The van der Waals surface area contributed by atoms with Crippen LogP contribution >= 0.6 is 0 Å². The summed E-state index contributed by atoms with van der Waals surface area (Å²) in [4.78, 5) is 4.43. The van der Waals surface area contributed by atoms with Gasteiger partial charge in [0.25, 0.3) is 6.29 Å². The first kappa shape index (κ1) is 17.0. The van der Waals surface area contributed by atoms with E-state index in [4.69, 9.17) is 9.47 Å². The Labute approximate surface area is 154 Å². The van der Waals surface area contributed by atoms with Gasteiger partial charge in [-0.15, -0.1) is 0 Å². The summed E-state index contributed by atoms with van der Waals surface area (Å²) in [7, 11) is 3.99.